The summed E-state index contributed by atoms with van der Waals surface area (Å²) < 4.78 is 38.1. The summed E-state index contributed by atoms with van der Waals surface area (Å²) in [5, 5.41) is 6.43. The van der Waals surface area contributed by atoms with Gasteiger partial charge in [0.15, 0.2) is 18.2 Å². The van der Waals surface area contributed by atoms with Gasteiger partial charge in [0, 0.05) is 23.7 Å². The van der Waals surface area contributed by atoms with Crippen LogP contribution in [0.2, 0.25) is 0 Å². The number of amides is 1. The van der Waals surface area contributed by atoms with E-state index in [1.54, 1.807) is 12.1 Å². The van der Waals surface area contributed by atoms with Crippen LogP contribution in [0.1, 0.15) is 43.4 Å². The van der Waals surface area contributed by atoms with E-state index in [2.05, 4.69) is 25.6 Å². The molecule has 2 bridgehead atoms. The third-order valence-electron chi connectivity index (χ3n) is 8.90. The summed E-state index contributed by atoms with van der Waals surface area (Å²) in [7, 11) is 0. The maximum Gasteiger partial charge on any atom is 0.263 e. The first-order chi connectivity index (χ1) is 19.9. The van der Waals surface area contributed by atoms with Crippen molar-refractivity contribution in [3.05, 3.63) is 47.5 Å². The van der Waals surface area contributed by atoms with Crippen LogP contribution in [0.25, 0.3) is 11.0 Å². The van der Waals surface area contributed by atoms with Crippen LogP contribution in [-0.2, 0) is 27.2 Å². The third-order valence-corrected chi connectivity index (χ3v) is 8.90. The lowest BCUT2D eigenvalue weighted by Crippen LogP contribution is -2.61. The van der Waals surface area contributed by atoms with Gasteiger partial charge < -0.3 is 35.3 Å². The number of carbonyl (C=O) groups is 1. The number of aryl methyl sites for hydroxylation is 1. The van der Waals surface area contributed by atoms with Crippen LogP contribution in [0, 0.1) is 5.82 Å². The van der Waals surface area contributed by atoms with Gasteiger partial charge in [0.05, 0.1) is 47.8 Å². The molecule has 0 unspecified atom stereocenters. The van der Waals surface area contributed by atoms with Crippen molar-refractivity contribution in [2.24, 2.45) is 5.73 Å². The first kappa shape index (κ1) is 26.4. The first-order valence-electron chi connectivity index (χ1n) is 14.2. The number of ether oxygens (including phenoxy) is 4. The topological polar surface area (TPSA) is 143 Å². The summed E-state index contributed by atoms with van der Waals surface area (Å²) in [6.07, 6.45) is 5.99. The monoisotopic (exact) mass is 564 g/mol. The van der Waals surface area contributed by atoms with Crippen molar-refractivity contribution in [1.82, 2.24) is 20.3 Å². The quantitative estimate of drug-likeness (QED) is 0.355. The number of pyridine rings is 3. The molecule has 1 amide bonds. The lowest BCUT2D eigenvalue weighted by atomic mass is 9.69. The maximum atomic E-state index is 15.1. The fraction of sp³-hybridized carbons (Fsp3) is 0.517. The summed E-state index contributed by atoms with van der Waals surface area (Å²) >= 11 is 0. The number of fused-ring (bicyclic) bond motifs is 5. The Bertz CT molecular complexity index is 1460. The average Bonchev–Trinajstić information content (AvgIpc) is 2.99. The Morgan fingerprint density at radius 3 is 2.80 bits per heavy atom. The number of nitrogens with two attached hydrogens (primary N) is 1. The molecule has 2 atom stereocenters. The predicted molar refractivity (Wildman–Crippen MR) is 146 cm³/mol. The number of nitrogens with one attached hydrogen (secondary N) is 2. The van der Waals surface area contributed by atoms with E-state index in [4.69, 9.17) is 24.7 Å². The Hall–Kier alpha value is -3.45. The fourth-order valence-corrected chi connectivity index (χ4v) is 6.13. The second-order valence-corrected chi connectivity index (χ2v) is 11.5. The van der Waals surface area contributed by atoms with Gasteiger partial charge >= 0.3 is 0 Å². The van der Waals surface area contributed by atoms with Gasteiger partial charge in [-0.15, -0.1) is 0 Å². The molecule has 216 valence electrons. The molecule has 8 rings (SSSR count). The van der Waals surface area contributed by atoms with Crippen LogP contribution in [0.15, 0.2) is 30.5 Å². The number of halogens is 1. The molecule has 12 heteroatoms. The summed E-state index contributed by atoms with van der Waals surface area (Å²) in [5.41, 5.74) is 8.00. The van der Waals surface area contributed by atoms with Gasteiger partial charge in [0.1, 0.15) is 18.5 Å². The van der Waals surface area contributed by atoms with Crippen LogP contribution in [-0.4, -0.2) is 70.6 Å². The van der Waals surface area contributed by atoms with Crippen molar-refractivity contribution in [1.29, 1.82) is 0 Å². The van der Waals surface area contributed by atoms with Gasteiger partial charge in [-0.05, 0) is 56.7 Å². The van der Waals surface area contributed by atoms with Gasteiger partial charge in [-0.3, -0.25) is 9.78 Å². The molecule has 0 radical (unpaired) electrons. The highest BCUT2D eigenvalue weighted by Crippen LogP contribution is 2.46. The molecule has 1 aliphatic carbocycles. The van der Waals surface area contributed by atoms with E-state index in [-0.39, 0.29) is 41.6 Å². The SMILES string of the molecule is N[C@@H]1CO[C@H]1COc1ccc2ncc(F)c(CCC34CCC(NCc5ccc6c(n5)NC(=O)CO6)(CC3)CO4)c2n1. The van der Waals surface area contributed by atoms with Gasteiger partial charge in [0.2, 0.25) is 5.88 Å². The van der Waals surface area contributed by atoms with Gasteiger partial charge in [-0.1, -0.05) is 0 Å². The summed E-state index contributed by atoms with van der Waals surface area (Å²) in [4.78, 5) is 25.0. The molecule has 41 heavy (non-hydrogen) atoms. The van der Waals surface area contributed by atoms with Crippen LogP contribution in [0.4, 0.5) is 10.2 Å². The van der Waals surface area contributed by atoms with E-state index in [9.17, 15) is 4.79 Å². The number of nitrogens with zero attached hydrogens (tertiary/aromatic N) is 3. The lowest BCUT2D eigenvalue weighted by molar-refractivity contribution is -0.165. The number of rotatable bonds is 9. The zero-order chi connectivity index (χ0) is 28.0. The normalized spacial score (nSPS) is 28.5. The minimum Gasteiger partial charge on any atom is -0.480 e. The average molecular weight is 565 g/mol. The number of hydrogen-bond acceptors (Lipinski definition) is 10. The largest absolute Gasteiger partial charge is 0.480 e. The molecule has 3 aromatic heterocycles. The van der Waals surface area contributed by atoms with E-state index < -0.39 is 0 Å². The molecule has 11 nitrogen and oxygen atoms in total. The number of anilines is 1. The smallest absolute Gasteiger partial charge is 0.263 e. The summed E-state index contributed by atoms with van der Waals surface area (Å²) in [6.45, 7) is 1.98. The molecule has 4 N–H and O–H groups in total. The van der Waals surface area contributed by atoms with Crippen molar-refractivity contribution < 1.29 is 28.1 Å². The van der Waals surface area contributed by atoms with Crippen molar-refractivity contribution in [3.63, 3.8) is 0 Å². The minimum atomic E-state index is -0.371. The third kappa shape index (κ3) is 5.21. The van der Waals surface area contributed by atoms with E-state index in [1.165, 1.54) is 6.20 Å². The second kappa shape index (κ2) is 10.4. The number of carbonyl (C=O) groups excluding carboxylic acids is 1. The molecular formula is C29H33FN6O5. The predicted octanol–water partition coefficient (Wildman–Crippen LogP) is 2.40. The molecule has 4 aliphatic heterocycles. The molecular weight excluding hydrogens is 531 g/mol. The van der Waals surface area contributed by atoms with E-state index in [0.29, 0.717) is 73.3 Å². The number of aromatic nitrogens is 3. The molecule has 4 fully saturated rings. The van der Waals surface area contributed by atoms with Crippen molar-refractivity contribution in [2.45, 2.75) is 68.4 Å². The van der Waals surface area contributed by atoms with E-state index in [1.807, 2.05) is 12.1 Å². The van der Waals surface area contributed by atoms with Crippen LogP contribution < -0.4 is 25.8 Å². The molecule has 5 aliphatic rings. The molecule has 0 aromatic carbocycles. The summed E-state index contributed by atoms with van der Waals surface area (Å²) in [6, 6.07) is 7.25. The van der Waals surface area contributed by atoms with Crippen LogP contribution in [0.3, 0.4) is 0 Å². The molecule has 7 heterocycles. The van der Waals surface area contributed by atoms with Crippen LogP contribution >= 0.6 is 0 Å². The summed E-state index contributed by atoms with van der Waals surface area (Å²) in [5.74, 6) is 0.871. The molecule has 0 spiro atoms. The van der Waals surface area contributed by atoms with Gasteiger partial charge in [0.25, 0.3) is 5.91 Å². The molecule has 3 saturated heterocycles. The van der Waals surface area contributed by atoms with E-state index >= 15 is 4.39 Å². The highest BCUT2D eigenvalue weighted by atomic mass is 19.1. The first-order valence-corrected chi connectivity index (χ1v) is 14.2. The van der Waals surface area contributed by atoms with Crippen molar-refractivity contribution >= 4 is 22.8 Å². The highest BCUT2D eigenvalue weighted by molar-refractivity contribution is 5.94. The van der Waals surface area contributed by atoms with E-state index in [0.717, 1.165) is 31.4 Å². The lowest BCUT2D eigenvalue weighted by Gasteiger charge is -2.53. The molecule has 1 saturated carbocycles. The Balaban J connectivity index is 0.982. The Morgan fingerprint density at radius 1 is 1.17 bits per heavy atom. The van der Waals surface area contributed by atoms with Crippen molar-refractivity contribution in [2.75, 3.05) is 31.7 Å². The maximum absolute atomic E-state index is 15.1. The highest BCUT2D eigenvalue weighted by Gasteiger charge is 2.49. The zero-order valence-electron chi connectivity index (χ0n) is 22.7. The standard InChI is InChI=1S/C29H33FN6O5/c30-19-12-32-21-2-4-25(40-14-23-20(31)13-38-23)36-26(21)18(19)5-6-29-9-7-28(8-10-29,16-41-29)33-11-17-1-3-22-27(34-17)35-24(37)15-39-22/h1-4,12,20,23,33H,5-11,13-16,31H2,(H,34,35,37)/t20-,23+,28?,29?/m1/s1. The Morgan fingerprint density at radius 2 is 2.05 bits per heavy atom. The Kier molecular flexibility index (Phi) is 6.73. The van der Waals surface area contributed by atoms with Crippen LogP contribution in [0.5, 0.6) is 11.6 Å². The molecule has 3 aromatic rings. The van der Waals surface area contributed by atoms with Gasteiger partial charge in [-0.2, -0.15) is 0 Å². The van der Waals surface area contributed by atoms with Crippen molar-refractivity contribution in [3.8, 4) is 11.6 Å². The fourth-order valence-electron chi connectivity index (χ4n) is 6.13. The van der Waals surface area contributed by atoms with Gasteiger partial charge in [-0.25, -0.2) is 14.4 Å². The number of hydrogen-bond donors (Lipinski definition) is 3. The zero-order valence-corrected chi connectivity index (χ0v) is 22.7. The minimum absolute atomic E-state index is 0.0102. The second-order valence-electron chi connectivity index (χ2n) is 11.5. The Labute approximate surface area is 236 Å².